The van der Waals surface area contributed by atoms with Crippen molar-refractivity contribution in [2.45, 2.75) is 204 Å². The second-order valence-electron chi connectivity index (χ2n) is 13.1. The van der Waals surface area contributed by atoms with Gasteiger partial charge in [0.05, 0.1) is 36.6 Å². The molecule has 0 amide bonds. The molecule has 1 fully saturated rings. The van der Waals surface area contributed by atoms with Gasteiger partial charge in [0.2, 0.25) is 0 Å². The van der Waals surface area contributed by atoms with E-state index in [4.69, 9.17) is 9.47 Å². The zero-order valence-corrected chi connectivity index (χ0v) is 26.9. The zero-order chi connectivity index (χ0) is 30.6. The molecule has 0 aromatic carbocycles. The minimum absolute atomic E-state index is 0.149. The summed E-state index contributed by atoms with van der Waals surface area (Å²) in [6.45, 7) is 4.08. The van der Waals surface area contributed by atoms with Gasteiger partial charge in [0.25, 0.3) is 0 Å². The summed E-state index contributed by atoms with van der Waals surface area (Å²) in [5, 5.41) is 41.6. The third kappa shape index (κ3) is 16.2. The lowest BCUT2D eigenvalue weighted by atomic mass is 9.97. The van der Waals surface area contributed by atoms with Crippen LogP contribution in [0.15, 0.2) is 11.6 Å². The van der Waals surface area contributed by atoms with Gasteiger partial charge < -0.3 is 29.9 Å². The molecule has 0 aliphatic carbocycles. The van der Waals surface area contributed by atoms with Gasteiger partial charge >= 0.3 is 5.97 Å². The Morgan fingerprint density at radius 1 is 0.738 bits per heavy atom. The van der Waals surface area contributed by atoms with E-state index >= 15 is 0 Å². The Labute approximate surface area is 256 Å². The van der Waals surface area contributed by atoms with E-state index in [2.05, 4.69) is 6.92 Å². The van der Waals surface area contributed by atoms with Gasteiger partial charge in [0.1, 0.15) is 6.10 Å². The monoisotopic (exact) mass is 596 g/mol. The number of ether oxygens (including phenoxy) is 2. The van der Waals surface area contributed by atoms with Crippen molar-refractivity contribution in [1.82, 2.24) is 0 Å². The number of unbranched alkanes of at least 4 members (excludes halogenated alkanes) is 13. The summed E-state index contributed by atoms with van der Waals surface area (Å²) in [4.78, 5) is 11.7. The minimum atomic E-state index is -0.793. The van der Waals surface area contributed by atoms with Gasteiger partial charge in [0, 0.05) is 12.0 Å². The van der Waals surface area contributed by atoms with Gasteiger partial charge in [0.15, 0.2) is 0 Å². The normalized spacial score (nSPS) is 23.5. The number of hydrogen-bond donors (Lipinski definition) is 4. The van der Waals surface area contributed by atoms with Crippen LogP contribution in [0.3, 0.4) is 0 Å². The van der Waals surface area contributed by atoms with E-state index in [1.165, 1.54) is 64.2 Å². The lowest BCUT2D eigenvalue weighted by molar-refractivity contribution is -0.139. The lowest BCUT2D eigenvalue weighted by Gasteiger charge is -2.22. The molecule has 2 heterocycles. The van der Waals surface area contributed by atoms with E-state index in [9.17, 15) is 25.2 Å². The first kappa shape index (κ1) is 37.2. The van der Waals surface area contributed by atoms with Crippen LogP contribution in [0, 0.1) is 0 Å². The molecule has 0 aromatic rings. The van der Waals surface area contributed by atoms with Crippen molar-refractivity contribution < 1.29 is 34.7 Å². The van der Waals surface area contributed by atoms with Gasteiger partial charge in [-0.25, -0.2) is 4.79 Å². The molecule has 246 valence electrons. The van der Waals surface area contributed by atoms with Crippen LogP contribution in [0.1, 0.15) is 162 Å². The Bertz CT molecular complexity index is 726. The number of aliphatic hydroxyl groups is 4. The Morgan fingerprint density at radius 3 is 1.93 bits per heavy atom. The third-order valence-corrected chi connectivity index (χ3v) is 9.14. The third-order valence-electron chi connectivity index (χ3n) is 9.14. The summed E-state index contributed by atoms with van der Waals surface area (Å²) in [5.41, 5.74) is 0.584. The molecule has 0 unspecified atom stereocenters. The summed E-state index contributed by atoms with van der Waals surface area (Å²) >= 11 is 0. The molecular formula is C35H64O7. The topological polar surface area (TPSA) is 116 Å². The van der Waals surface area contributed by atoms with E-state index in [1.54, 1.807) is 6.08 Å². The maximum Gasteiger partial charge on any atom is 0.334 e. The Balaban J connectivity index is 1.43. The largest absolute Gasteiger partial charge is 0.455 e. The number of carbonyl (C=O) groups is 1. The van der Waals surface area contributed by atoms with Crippen LogP contribution >= 0.6 is 0 Å². The SMILES string of the molecule is CCCCCCCCCCCCCC[C@H](O)[C@H](O)CC[C@H](O)[C@H]1CC[C@H](CCCCC[C@H](O)CC2=C[C@@H](C)OC2=O)O1. The highest BCUT2D eigenvalue weighted by atomic mass is 16.5. The first-order chi connectivity index (χ1) is 20.3. The van der Waals surface area contributed by atoms with Crippen molar-refractivity contribution in [3.63, 3.8) is 0 Å². The second-order valence-corrected chi connectivity index (χ2v) is 13.1. The van der Waals surface area contributed by atoms with E-state index in [0.29, 0.717) is 37.7 Å². The van der Waals surface area contributed by atoms with Crippen molar-refractivity contribution in [2.75, 3.05) is 0 Å². The molecule has 2 aliphatic heterocycles. The highest BCUT2D eigenvalue weighted by molar-refractivity contribution is 5.90. The quantitative estimate of drug-likeness (QED) is 0.0624. The fourth-order valence-corrected chi connectivity index (χ4v) is 6.40. The van der Waals surface area contributed by atoms with Gasteiger partial charge in [-0.15, -0.1) is 0 Å². The maximum absolute atomic E-state index is 11.7. The van der Waals surface area contributed by atoms with Crippen molar-refractivity contribution in [3.05, 3.63) is 11.6 Å². The van der Waals surface area contributed by atoms with Crippen molar-refractivity contribution in [2.24, 2.45) is 0 Å². The smallest absolute Gasteiger partial charge is 0.334 e. The molecule has 7 nitrogen and oxygen atoms in total. The van der Waals surface area contributed by atoms with Crippen LogP contribution in [0.4, 0.5) is 0 Å². The summed E-state index contributed by atoms with van der Waals surface area (Å²) in [7, 11) is 0. The maximum atomic E-state index is 11.7. The number of esters is 1. The molecule has 0 saturated carbocycles. The minimum Gasteiger partial charge on any atom is -0.455 e. The first-order valence-corrected chi connectivity index (χ1v) is 17.6. The average Bonchev–Trinajstić information content (AvgIpc) is 3.57. The van der Waals surface area contributed by atoms with Gasteiger partial charge in [-0.05, 0) is 57.9 Å². The molecule has 0 bridgehead atoms. The summed E-state index contributed by atoms with van der Waals surface area (Å²) in [6.07, 6.45) is 22.3. The number of cyclic esters (lactones) is 1. The molecule has 2 rings (SSSR count). The number of carbonyl (C=O) groups excluding carboxylic acids is 1. The van der Waals surface area contributed by atoms with Gasteiger partial charge in [-0.3, -0.25) is 0 Å². The van der Waals surface area contributed by atoms with Crippen molar-refractivity contribution in [1.29, 1.82) is 0 Å². The predicted octanol–water partition coefficient (Wildman–Crippen LogP) is 7.06. The number of hydrogen-bond acceptors (Lipinski definition) is 7. The second kappa shape index (κ2) is 22.5. The van der Waals surface area contributed by atoms with Crippen LogP contribution in [0.5, 0.6) is 0 Å². The molecule has 2 aliphatic rings. The van der Waals surface area contributed by atoms with Crippen LogP contribution < -0.4 is 0 Å². The van der Waals surface area contributed by atoms with Gasteiger partial charge in [-0.2, -0.15) is 0 Å². The standard InChI is InChI=1S/C35H64O7/c1-3-4-5-6-7-8-9-10-11-12-13-17-20-31(37)32(38)22-23-33(39)34-24-21-30(42-34)19-16-14-15-18-29(36)26-28-25-27(2)41-35(28)40/h25,27,29-34,36-39H,3-24,26H2,1-2H3/t27-,29+,30+,31+,32-,33+,34-/m1/s1. The van der Waals surface area contributed by atoms with Crippen LogP contribution in [-0.2, 0) is 14.3 Å². The van der Waals surface area contributed by atoms with Crippen LogP contribution in [0.2, 0.25) is 0 Å². The summed E-state index contributed by atoms with van der Waals surface area (Å²) in [5.74, 6) is -0.308. The fraction of sp³-hybridized carbons (Fsp3) is 0.914. The molecule has 4 N–H and O–H groups in total. The molecule has 0 spiro atoms. The Morgan fingerprint density at radius 2 is 1.31 bits per heavy atom. The summed E-state index contributed by atoms with van der Waals surface area (Å²) in [6, 6.07) is 0. The average molecular weight is 597 g/mol. The Kier molecular flexibility index (Phi) is 19.9. The fourth-order valence-electron chi connectivity index (χ4n) is 6.40. The van der Waals surface area contributed by atoms with Gasteiger partial charge in [-0.1, -0.05) is 103 Å². The summed E-state index contributed by atoms with van der Waals surface area (Å²) < 4.78 is 11.2. The molecule has 7 atom stereocenters. The van der Waals surface area contributed by atoms with Crippen LogP contribution in [-0.4, -0.2) is 69.1 Å². The predicted molar refractivity (Wildman–Crippen MR) is 168 cm³/mol. The van der Waals surface area contributed by atoms with E-state index in [1.807, 2.05) is 6.92 Å². The van der Waals surface area contributed by atoms with Crippen molar-refractivity contribution in [3.8, 4) is 0 Å². The van der Waals surface area contributed by atoms with E-state index in [-0.39, 0.29) is 24.3 Å². The van der Waals surface area contributed by atoms with Crippen molar-refractivity contribution >= 4 is 5.97 Å². The molecular weight excluding hydrogens is 532 g/mol. The highest BCUT2D eigenvalue weighted by Crippen LogP contribution is 2.28. The molecule has 42 heavy (non-hydrogen) atoms. The molecule has 1 saturated heterocycles. The first-order valence-electron chi connectivity index (χ1n) is 17.6. The van der Waals surface area contributed by atoms with E-state index in [0.717, 1.165) is 51.4 Å². The van der Waals surface area contributed by atoms with Crippen LogP contribution in [0.25, 0.3) is 0 Å². The number of aliphatic hydroxyl groups excluding tert-OH is 4. The molecule has 0 aromatic heterocycles. The number of rotatable bonds is 26. The Hall–Kier alpha value is -0.990. The van der Waals surface area contributed by atoms with E-state index < -0.39 is 24.4 Å². The zero-order valence-electron chi connectivity index (χ0n) is 26.9. The molecule has 0 radical (unpaired) electrons. The lowest BCUT2D eigenvalue weighted by Crippen LogP contribution is -2.31. The highest BCUT2D eigenvalue weighted by Gasteiger charge is 2.31. The molecule has 7 heteroatoms.